The first-order valence-corrected chi connectivity index (χ1v) is 12.4. The minimum atomic E-state index is -0.171. The van der Waals surface area contributed by atoms with Gasteiger partial charge in [0.1, 0.15) is 0 Å². The molecule has 176 valence electrons. The second-order valence-corrected chi connectivity index (χ2v) is 8.98. The van der Waals surface area contributed by atoms with Gasteiger partial charge in [-0.3, -0.25) is 0 Å². The van der Waals surface area contributed by atoms with Crippen molar-refractivity contribution in [2.75, 3.05) is 72.7 Å². The third-order valence-corrected chi connectivity index (χ3v) is 7.01. The van der Waals surface area contributed by atoms with Gasteiger partial charge in [0.15, 0.2) is 0 Å². The van der Waals surface area contributed by atoms with Crippen LogP contribution in [0.4, 0.5) is 0 Å². The van der Waals surface area contributed by atoms with E-state index in [1.807, 2.05) is 0 Å². The normalized spacial score (nSPS) is 28.4. The Bertz CT molecular complexity index is 382. The number of ether oxygens (including phenoxy) is 6. The van der Waals surface area contributed by atoms with Crippen LogP contribution in [0, 0.1) is 11.8 Å². The van der Waals surface area contributed by atoms with E-state index in [0.29, 0.717) is 84.5 Å². The van der Waals surface area contributed by atoms with Crippen LogP contribution < -0.4 is 0 Å². The Balaban J connectivity index is 1.63. The summed E-state index contributed by atoms with van der Waals surface area (Å²) in [5, 5.41) is 0. The first-order chi connectivity index (χ1) is 14.9. The van der Waals surface area contributed by atoms with Crippen molar-refractivity contribution in [2.24, 2.45) is 11.8 Å². The van der Waals surface area contributed by atoms with E-state index in [-0.39, 0.29) is 5.60 Å². The molecule has 1 saturated heterocycles. The van der Waals surface area contributed by atoms with Gasteiger partial charge < -0.3 is 28.4 Å². The second-order valence-electron chi connectivity index (χ2n) is 8.98. The van der Waals surface area contributed by atoms with E-state index in [4.69, 9.17) is 28.4 Å². The average Bonchev–Trinajstić information content (AvgIpc) is 2.80. The SMILES string of the molecule is C1CCC(C2(C3CCCCC3)COCCOCCOCCOCCOCCO2)CC1. The van der Waals surface area contributed by atoms with Crippen molar-refractivity contribution in [3.63, 3.8) is 0 Å². The predicted molar refractivity (Wildman–Crippen MR) is 116 cm³/mol. The van der Waals surface area contributed by atoms with Crippen molar-refractivity contribution in [3.8, 4) is 0 Å². The summed E-state index contributed by atoms with van der Waals surface area (Å²) in [5.41, 5.74) is -0.171. The minimum Gasteiger partial charge on any atom is -0.377 e. The zero-order chi connectivity index (χ0) is 20.7. The van der Waals surface area contributed by atoms with Crippen LogP contribution in [-0.4, -0.2) is 78.3 Å². The Morgan fingerprint density at radius 2 is 0.767 bits per heavy atom. The lowest BCUT2D eigenvalue weighted by Gasteiger charge is -2.48. The summed E-state index contributed by atoms with van der Waals surface area (Å²) >= 11 is 0. The molecular weight excluding hydrogens is 384 g/mol. The van der Waals surface area contributed by atoms with Crippen LogP contribution in [0.15, 0.2) is 0 Å². The quantitative estimate of drug-likeness (QED) is 0.663. The second kappa shape index (κ2) is 14.8. The van der Waals surface area contributed by atoms with Gasteiger partial charge in [-0.05, 0) is 37.5 Å². The first-order valence-electron chi connectivity index (χ1n) is 12.4. The van der Waals surface area contributed by atoms with E-state index in [2.05, 4.69) is 0 Å². The van der Waals surface area contributed by atoms with Gasteiger partial charge in [0.25, 0.3) is 0 Å². The Morgan fingerprint density at radius 1 is 0.400 bits per heavy atom. The molecule has 0 aromatic carbocycles. The van der Waals surface area contributed by atoms with Gasteiger partial charge in [0.2, 0.25) is 0 Å². The molecular formula is C24H44O6. The highest BCUT2D eigenvalue weighted by Crippen LogP contribution is 2.45. The van der Waals surface area contributed by atoms with Crippen molar-refractivity contribution in [1.82, 2.24) is 0 Å². The molecule has 3 fully saturated rings. The molecule has 0 aromatic heterocycles. The van der Waals surface area contributed by atoms with Gasteiger partial charge in [-0.25, -0.2) is 0 Å². The smallest absolute Gasteiger partial charge is 0.0971 e. The zero-order valence-electron chi connectivity index (χ0n) is 19.0. The molecule has 6 nitrogen and oxygen atoms in total. The topological polar surface area (TPSA) is 55.4 Å². The molecule has 0 spiro atoms. The summed E-state index contributed by atoms with van der Waals surface area (Å²) in [5.74, 6) is 1.19. The molecule has 0 N–H and O–H groups in total. The highest BCUT2D eigenvalue weighted by Gasteiger charge is 2.47. The van der Waals surface area contributed by atoms with E-state index in [1.54, 1.807) is 0 Å². The Morgan fingerprint density at radius 3 is 1.20 bits per heavy atom. The third-order valence-electron chi connectivity index (χ3n) is 7.01. The van der Waals surface area contributed by atoms with Crippen LogP contribution in [0.3, 0.4) is 0 Å². The Kier molecular flexibility index (Phi) is 12.0. The molecule has 3 aliphatic rings. The van der Waals surface area contributed by atoms with Gasteiger partial charge in [-0.1, -0.05) is 38.5 Å². The standard InChI is InChI=1S/C24H44O6/c1-3-7-22(8-4-1)24(23-9-5-2-6-10-23)21-29-18-17-27-14-13-25-11-12-26-15-16-28-19-20-30-24/h22-23H,1-21H2. The van der Waals surface area contributed by atoms with Crippen molar-refractivity contribution < 1.29 is 28.4 Å². The Hall–Kier alpha value is -0.240. The maximum absolute atomic E-state index is 6.80. The summed E-state index contributed by atoms with van der Waals surface area (Å²) in [6.45, 7) is 6.73. The monoisotopic (exact) mass is 428 g/mol. The van der Waals surface area contributed by atoms with Crippen molar-refractivity contribution in [2.45, 2.75) is 69.8 Å². The highest BCUT2D eigenvalue weighted by molar-refractivity contribution is 4.97. The average molecular weight is 429 g/mol. The van der Waals surface area contributed by atoms with Crippen LogP contribution >= 0.6 is 0 Å². The molecule has 0 amide bonds. The van der Waals surface area contributed by atoms with Gasteiger partial charge in [-0.2, -0.15) is 0 Å². The van der Waals surface area contributed by atoms with E-state index in [0.717, 1.165) is 0 Å². The third kappa shape index (κ3) is 8.03. The fraction of sp³-hybridized carbons (Fsp3) is 1.00. The minimum absolute atomic E-state index is 0.171. The fourth-order valence-electron chi connectivity index (χ4n) is 5.43. The molecule has 1 aliphatic heterocycles. The Labute approximate surface area is 183 Å². The molecule has 0 aromatic rings. The van der Waals surface area contributed by atoms with Gasteiger partial charge >= 0.3 is 0 Å². The summed E-state index contributed by atoms with van der Waals surface area (Å²) < 4.78 is 35.6. The number of hydrogen-bond acceptors (Lipinski definition) is 6. The van der Waals surface area contributed by atoms with E-state index in [1.165, 1.54) is 64.2 Å². The molecule has 0 radical (unpaired) electrons. The fourth-order valence-corrected chi connectivity index (χ4v) is 5.43. The molecule has 1 heterocycles. The van der Waals surface area contributed by atoms with Crippen molar-refractivity contribution in [1.29, 1.82) is 0 Å². The number of hydrogen-bond donors (Lipinski definition) is 0. The lowest BCUT2D eigenvalue weighted by Crippen LogP contribution is -2.53. The molecule has 0 bridgehead atoms. The molecule has 6 heteroatoms. The van der Waals surface area contributed by atoms with E-state index >= 15 is 0 Å². The van der Waals surface area contributed by atoms with Crippen molar-refractivity contribution >= 4 is 0 Å². The number of rotatable bonds is 2. The van der Waals surface area contributed by atoms with Crippen LogP contribution in [0.2, 0.25) is 0 Å². The van der Waals surface area contributed by atoms with Gasteiger partial charge in [0.05, 0.1) is 78.3 Å². The van der Waals surface area contributed by atoms with E-state index < -0.39 is 0 Å². The summed E-state index contributed by atoms with van der Waals surface area (Å²) in [6, 6.07) is 0. The molecule has 30 heavy (non-hydrogen) atoms. The summed E-state index contributed by atoms with van der Waals surface area (Å²) in [4.78, 5) is 0. The highest BCUT2D eigenvalue weighted by atomic mass is 16.6. The van der Waals surface area contributed by atoms with Gasteiger partial charge in [0, 0.05) is 0 Å². The van der Waals surface area contributed by atoms with Gasteiger partial charge in [-0.15, -0.1) is 0 Å². The molecule has 2 saturated carbocycles. The predicted octanol–water partition coefficient (Wildman–Crippen LogP) is 4.00. The van der Waals surface area contributed by atoms with E-state index in [9.17, 15) is 0 Å². The maximum Gasteiger partial charge on any atom is 0.0971 e. The van der Waals surface area contributed by atoms with Crippen molar-refractivity contribution in [3.05, 3.63) is 0 Å². The van der Waals surface area contributed by atoms with Crippen LogP contribution in [0.1, 0.15) is 64.2 Å². The lowest BCUT2D eigenvalue weighted by atomic mass is 9.66. The van der Waals surface area contributed by atoms with Crippen LogP contribution in [0.5, 0.6) is 0 Å². The molecule has 3 rings (SSSR count). The summed E-state index contributed by atoms with van der Waals surface area (Å²) in [6.07, 6.45) is 13.1. The largest absolute Gasteiger partial charge is 0.377 e. The molecule has 0 unspecified atom stereocenters. The van der Waals surface area contributed by atoms with Crippen LogP contribution in [0.25, 0.3) is 0 Å². The maximum atomic E-state index is 6.80. The molecule has 2 aliphatic carbocycles. The zero-order valence-corrected chi connectivity index (χ0v) is 19.0. The summed E-state index contributed by atoms with van der Waals surface area (Å²) in [7, 11) is 0. The first kappa shape index (κ1) is 24.4. The van der Waals surface area contributed by atoms with Crippen LogP contribution in [-0.2, 0) is 28.4 Å². The lowest BCUT2D eigenvalue weighted by molar-refractivity contribution is -0.186. The molecule has 0 atom stereocenters.